The Kier molecular flexibility index (Phi) is 2.44. The number of hydrogen-bond donors (Lipinski definition) is 0. The van der Waals surface area contributed by atoms with Gasteiger partial charge in [-0.2, -0.15) is 9.78 Å². The normalized spacial score (nSPS) is 15.2. The first kappa shape index (κ1) is 10.5. The zero-order chi connectivity index (χ0) is 11.8. The van der Waals surface area contributed by atoms with E-state index in [0.29, 0.717) is 0 Å². The maximum absolute atomic E-state index is 11.4. The minimum atomic E-state index is -0.0440. The van der Waals surface area contributed by atoms with E-state index in [-0.39, 0.29) is 5.91 Å². The molecule has 1 aliphatic carbocycles. The van der Waals surface area contributed by atoms with E-state index in [2.05, 4.69) is 29.4 Å². The van der Waals surface area contributed by atoms with Crippen molar-refractivity contribution in [2.45, 2.75) is 19.8 Å². The van der Waals surface area contributed by atoms with Gasteiger partial charge >= 0.3 is 0 Å². The van der Waals surface area contributed by atoms with Crippen LogP contribution < -0.4 is 0 Å². The van der Waals surface area contributed by atoms with Crippen LogP contribution in [0.4, 0.5) is 0 Å². The van der Waals surface area contributed by atoms with Gasteiger partial charge in [0.05, 0.1) is 16.4 Å². The Bertz CT molecular complexity index is 645. The summed E-state index contributed by atoms with van der Waals surface area (Å²) < 4.78 is 2.53. The molecule has 0 fully saturated rings. The highest BCUT2D eigenvalue weighted by atomic mass is 32.1. The van der Waals surface area contributed by atoms with Gasteiger partial charge in [0.1, 0.15) is 0 Å². The summed E-state index contributed by atoms with van der Waals surface area (Å²) in [5.74, 6) is -0.0440. The van der Waals surface area contributed by atoms with Crippen LogP contribution in [0.15, 0.2) is 30.5 Å². The molecule has 3 rings (SSSR count). The molecule has 2 heterocycles. The summed E-state index contributed by atoms with van der Waals surface area (Å²) in [4.78, 5) is 12.6. The highest BCUT2D eigenvalue weighted by Crippen LogP contribution is 2.32. The first-order valence-corrected chi connectivity index (χ1v) is 6.43. The first-order valence-electron chi connectivity index (χ1n) is 5.61. The van der Waals surface area contributed by atoms with E-state index in [4.69, 9.17) is 0 Å². The van der Waals surface area contributed by atoms with Crippen molar-refractivity contribution in [3.63, 3.8) is 0 Å². The predicted octanol–water partition coefficient (Wildman–Crippen LogP) is 3.49. The van der Waals surface area contributed by atoms with Crippen LogP contribution in [0, 0.1) is 0 Å². The molecule has 3 nitrogen and oxygen atoms in total. The topological polar surface area (TPSA) is 34.9 Å². The van der Waals surface area contributed by atoms with Gasteiger partial charge in [0.15, 0.2) is 0 Å². The maximum atomic E-state index is 11.4. The number of thiophene rings is 1. The smallest absolute Gasteiger partial charge is 0.244 e. The fourth-order valence-electron chi connectivity index (χ4n) is 2.02. The van der Waals surface area contributed by atoms with E-state index in [9.17, 15) is 4.79 Å². The van der Waals surface area contributed by atoms with Crippen molar-refractivity contribution in [2.24, 2.45) is 0 Å². The van der Waals surface area contributed by atoms with Crippen molar-refractivity contribution in [3.05, 3.63) is 35.4 Å². The molecule has 0 spiro atoms. The fraction of sp³-hybridized carbons (Fsp3) is 0.231. The molecular formula is C13H12N2OS. The molecule has 0 aliphatic heterocycles. The molecule has 0 N–H and O–H groups in total. The van der Waals surface area contributed by atoms with Gasteiger partial charge < -0.3 is 0 Å². The van der Waals surface area contributed by atoms with Crippen molar-refractivity contribution in [2.75, 3.05) is 0 Å². The number of allylic oxidation sites excluding steroid dienone is 4. The Morgan fingerprint density at radius 2 is 2.35 bits per heavy atom. The van der Waals surface area contributed by atoms with Crippen LogP contribution in [0.1, 0.15) is 29.4 Å². The third kappa shape index (κ3) is 1.74. The van der Waals surface area contributed by atoms with Gasteiger partial charge in [-0.25, -0.2) is 0 Å². The minimum Gasteiger partial charge on any atom is -0.273 e. The SMILES string of the molecule is CC(=O)n1ncc2sc(C3=CCCC=C3)cc21. The van der Waals surface area contributed by atoms with Crippen molar-refractivity contribution in [1.29, 1.82) is 0 Å². The Morgan fingerprint density at radius 1 is 1.47 bits per heavy atom. The molecule has 0 amide bonds. The van der Waals surface area contributed by atoms with Gasteiger partial charge in [0, 0.05) is 11.8 Å². The molecule has 4 heteroatoms. The van der Waals surface area contributed by atoms with Crippen LogP contribution in [-0.2, 0) is 0 Å². The van der Waals surface area contributed by atoms with Crippen LogP contribution >= 0.6 is 11.3 Å². The number of hydrogen-bond acceptors (Lipinski definition) is 3. The zero-order valence-electron chi connectivity index (χ0n) is 9.51. The molecule has 0 atom stereocenters. The highest BCUT2D eigenvalue weighted by Gasteiger charge is 2.12. The molecule has 2 aromatic heterocycles. The molecule has 0 saturated carbocycles. The lowest BCUT2D eigenvalue weighted by molar-refractivity contribution is 0.0927. The highest BCUT2D eigenvalue weighted by molar-refractivity contribution is 7.20. The van der Waals surface area contributed by atoms with E-state index < -0.39 is 0 Å². The molecule has 0 aromatic carbocycles. The third-order valence-electron chi connectivity index (χ3n) is 2.84. The second kappa shape index (κ2) is 3.96. The van der Waals surface area contributed by atoms with Crippen LogP contribution in [0.5, 0.6) is 0 Å². The van der Waals surface area contributed by atoms with Crippen molar-refractivity contribution in [1.82, 2.24) is 9.78 Å². The van der Waals surface area contributed by atoms with Crippen LogP contribution in [0.25, 0.3) is 15.8 Å². The van der Waals surface area contributed by atoms with E-state index in [1.807, 2.05) is 0 Å². The zero-order valence-corrected chi connectivity index (χ0v) is 10.3. The number of fused-ring (bicyclic) bond motifs is 1. The average Bonchev–Trinajstić information content (AvgIpc) is 2.88. The van der Waals surface area contributed by atoms with Gasteiger partial charge in [0.2, 0.25) is 5.91 Å². The van der Waals surface area contributed by atoms with Crippen LogP contribution in [-0.4, -0.2) is 15.7 Å². The summed E-state index contributed by atoms with van der Waals surface area (Å²) in [6, 6.07) is 2.05. The summed E-state index contributed by atoms with van der Waals surface area (Å²) >= 11 is 1.69. The largest absolute Gasteiger partial charge is 0.273 e. The van der Waals surface area contributed by atoms with Gasteiger partial charge in [-0.15, -0.1) is 11.3 Å². The Morgan fingerprint density at radius 3 is 3.06 bits per heavy atom. The number of rotatable bonds is 1. The second-order valence-corrected chi connectivity index (χ2v) is 5.16. The van der Waals surface area contributed by atoms with E-state index >= 15 is 0 Å². The molecule has 0 unspecified atom stereocenters. The maximum Gasteiger partial charge on any atom is 0.244 e. The van der Waals surface area contributed by atoms with Crippen LogP contribution in [0.3, 0.4) is 0 Å². The van der Waals surface area contributed by atoms with Gasteiger partial charge in [0.25, 0.3) is 0 Å². The first-order chi connectivity index (χ1) is 8.25. The standard InChI is InChI=1S/C13H12N2OS/c1-9(16)15-11-7-12(17-13(11)8-14-15)10-5-3-2-4-6-10/h3,5-8H,2,4H2,1H3. The molecule has 0 radical (unpaired) electrons. The minimum absolute atomic E-state index is 0.0440. The molecule has 86 valence electrons. The van der Waals surface area contributed by atoms with Crippen LogP contribution in [0.2, 0.25) is 0 Å². The molecule has 0 bridgehead atoms. The van der Waals surface area contributed by atoms with Gasteiger partial charge in [-0.1, -0.05) is 18.2 Å². The summed E-state index contributed by atoms with van der Waals surface area (Å²) in [6.07, 6.45) is 10.6. The van der Waals surface area contributed by atoms with E-state index in [0.717, 1.165) is 23.1 Å². The second-order valence-electron chi connectivity index (χ2n) is 4.07. The lowest BCUT2D eigenvalue weighted by Crippen LogP contribution is -2.06. The van der Waals surface area contributed by atoms with Crippen molar-refractivity contribution >= 4 is 33.0 Å². The summed E-state index contributed by atoms with van der Waals surface area (Å²) in [6.45, 7) is 1.53. The fourth-order valence-corrected chi connectivity index (χ4v) is 3.04. The molecule has 0 saturated heterocycles. The molecule has 1 aliphatic rings. The van der Waals surface area contributed by atoms with E-state index in [1.165, 1.54) is 22.1 Å². The number of carbonyl (C=O) groups excluding carboxylic acids is 1. The summed E-state index contributed by atoms with van der Waals surface area (Å²) in [5, 5.41) is 4.08. The molecular weight excluding hydrogens is 232 g/mol. The lowest BCUT2D eigenvalue weighted by Gasteiger charge is -2.03. The monoisotopic (exact) mass is 244 g/mol. The third-order valence-corrected chi connectivity index (χ3v) is 3.94. The van der Waals surface area contributed by atoms with Gasteiger partial charge in [-0.3, -0.25) is 4.79 Å². The number of carbonyl (C=O) groups is 1. The van der Waals surface area contributed by atoms with E-state index in [1.54, 1.807) is 17.5 Å². The number of aromatic nitrogens is 2. The molecule has 17 heavy (non-hydrogen) atoms. The van der Waals surface area contributed by atoms with Gasteiger partial charge in [-0.05, 0) is 24.5 Å². The summed E-state index contributed by atoms with van der Waals surface area (Å²) in [5.41, 5.74) is 2.17. The summed E-state index contributed by atoms with van der Waals surface area (Å²) in [7, 11) is 0. The molecule has 2 aromatic rings. The Balaban J connectivity index is 2.11. The average molecular weight is 244 g/mol. The lowest BCUT2D eigenvalue weighted by atomic mass is 10.1. The Labute approximate surface area is 103 Å². The Hall–Kier alpha value is -1.68. The van der Waals surface area contributed by atoms with Crippen molar-refractivity contribution in [3.8, 4) is 0 Å². The van der Waals surface area contributed by atoms with Crippen molar-refractivity contribution < 1.29 is 4.79 Å². The number of nitrogens with zero attached hydrogens (tertiary/aromatic N) is 2. The predicted molar refractivity (Wildman–Crippen MR) is 70.3 cm³/mol. The quantitative estimate of drug-likeness (QED) is 0.769.